The van der Waals surface area contributed by atoms with Crippen molar-refractivity contribution in [3.05, 3.63) is 65.2 Å². The number of amides is 3. The molecule has 0 aromatic heterocycles. The fourth-order valence-corrected chi connectivity index (χ4v) is 5.81. The van der Waals surface area contributed by atoms with E-state index in [1.807, 2.05) is 51.1 Å². The Morgan fingerprint density at radius 2 is 1.48 bits per heavy atom. The molecule has 12 heteroatoms. The highest BCUT2D eigenvalue weighted by atomic mass is 32.2. The average molecular weight is 660 g/mol. The fraction of sp³-hybridized carbons (Fsp3) is 0.559. The first kappa shape index (κ1) is 38.9. The predicted octanol–water partition coefficient (Wildman–Crippen LogP) is 3.69. The van der Waals surface area contributed by atoms with Crippen molar-refractivity contribution in [1.29, 1.82) is 0 Å². The van der Waals surface area contributed by atoms with Crippen molar-refractivity contribution in [3.63, 3.8) is 0 Å². The maximum atomic E-state index is 13.9. The van der Waals surface area contributed by atoms with Crippen LogP contribution in [0.2, 0.25) is 0 Å². The molecule has 0 saturated heterocycles. The van der Waals surface area contributed by atoms with Crippen LogP contribution in [0, 0.1) is 5.92 Å². The van der Waals surface area contributed by atoms with E-state index >= 15 is 0 Å². The van der Waals surface area contributed by atoms with E-state index < -0.39 is 28.1 Å². The molecule has 0 saturated carbocycles. The summed E-state index contributed by atoms with van der Waals surface area (Å²) in [5.41, 5.74) is 3.83. The van der Waals surface area contributed by atoms with Crippen LogP contribution in [0.5, 0.6) is 0 Å². The minimum atomic E-state index is -3.99. The summed E-state index contributed by atoms with van der Waals surface area (Å²) >= 11 is 0. The maximum absolute atomic E-state index is 13.9. The molecule has 3 N–H and O–H groups in total. The number of carbonyl (C=O) groups is 3. The van der Waals surface area contributed by atoms with Gasteiger partial charge in [0.05, 0.1) is 17.0 Å². The number of nitrogens with one attached hydrogen (secondary N) is 2. The molecule has 2 atom stereocenters. The van der Waals surface area contributed by atoms with Crippen LogP contribution in [-0.4, -0.2) is 97.9 Å². The lowest BCUT2D eigenvalue weighted by Gasteiger charge is -2.31. The standard InChI is InChI=1S/C34H53N5O6S/c1-8-11-19-39(36-32(41)25(4)5)24-31(40)30(20-26-15-13-12-14-16-26)35-33(42)27-21-28(34(43)38(17-9-2)18-10-3)23-29(22-27)46(44,45)37(6)7/h12-16,21-23,25,30-31,40H,8-11,17-20,24H2,1-7H3,(H,35,42)(H,36,41). The van der Waals surface area contributed by atoms with Crippen molar-refractivity contribution in [1.82, 2.24) is 25.0 Å². The van der Waals surface area contributed by atoms with Crippen LogP contribution in [0.15, 0.2) is 53.4 Å². The number of sulfonamides is 1. The Morgan fingerprint density at radius 3 is 2.02 bits per heavy atom. The van der Waals surface area contributed by atoms with Gasteiger partial charge in [0.2, 0.25) is 15.9 Å². The molecule has 46 heavy (non-hydrogen) atoms. The van der Waals surface area contributed by atoms with Crippen LogP contribution in [0.25, 0.3) is 0 Å². The Morgan fingerprint density at radius 1 is 0.870 bits per heavy atom. The molecule has 0 bridgehead atoms. The predicted molar refractivity (Wildman–Crippen MR) is 181 cm³/mol. The third kappa shape index (κ3) is 11.5. The molecular formula is C34H53N5O6S. The van der Waals surface area contributed by atoms with E-state index in [4.69, 9.17) is 0 Å². The summed E-state index contributed by atoms with van der Waals surface area (Å²) in [6.07, 6.45) is 2.29. The number of hydrogen-bond donors (Lipinski definition) is 3. The van der Waals surface area contributed by atoms with Crippen molar-refractivity contribution < 1.29 is 27.9 Å². The lowest BCUT2D eigenvalue weighted by molar-refractivity contribution is -0.129. The van der Waals surface area contributed by atoms with Gasteiger partial charge in [-0.05, 0) is 49.4 Å². The molecule has 256 valence electrons. The Hall–Kier alpha value is -3.32. The topological polar surface area (TPSA) is 139 Å². The smallest absolute Gasteiger partial charge is 0.253 e. The summed E-state index contributed by atoms with van der Waals surface area (Å²) < 4.78 is 27.4. The van der Waals surface area contributed by atoms with Gasteiger partial charge in [0.25, 0.3) is 11.8 Å². The van der Waals surface area contributed by atoms with Crippen molar-refractivity contribution in [2.45, 2.75) is 83.8 Å². The normalized spacial score (nSPS) is 13.1. The zero-order chi connectivity index (χ0) is 34.4. The van der Waals surface area contributed by atoms with Crippen LogP contribution < -0.4 is 10.7 Å². The van der Waals surface area contributed by atoms with E-state index in [1.54, 1.807) is 23.8 Å². The van der Waals surface area contributed by atoms with Gasteiger partial charge in [-0.3, -0.25) is 19.8 Å². The van der Waals surface area contributed by atoms with Crippen LogP contribution in [0.3, 0.4) is 0 Å². The highest BCUT2D eigenvalue weighted by Gasteiger charge is 2.28. The second-order valence-corrected chi connectivity index (χ2v) is 14.2. The Bertz CT molecular complexity index is 1380. The highest BCUT2D eigenvalue weighted by Crippen LogP contribution is 2.21. The first-order valence-electron chi connectivity index (χ1n) is 16.2. The summed E-state index contributed by atoms with van der Waals surface area (Å²) in [5, 5.41) is 16.1. The number of aliphatic hydroxyl groups is 1. The molecule has 0 aliphatic rings. The number of aliphatic hydroxyl groups excluding tert-OH is 1. The molecule has 0 spiro atoms. The number of benzene rings is 2. The monoisotopic (exact) mass is 659 g/mol. The molecule has 0 radical (unpaired) electrons. The molecule has 2 aromatic carbocycles. The second-order valence-electron chi connectivity index (χ2n) is 12.1. The molecule has 11 nitrogen and oxygen atoms in total. The number of rotatable bonds is 19. The molecular weight excluding hydrogens is 606 g/mol. The zero-order valence-corrected chi connectivity index (χ0v) is 29.3. The fourth-order valence-electron chi connectivity index (χ4n) is 4.83. The van der Waals surface area contributed by atoms with Crippen LogP contribution >= 0.6 is 0 Å². The van der Waals surface area contributed by atoms with Crippen molar-refractivity contribution in [3.8, 4) is 0 Å². The number of nitrogens with zero attached hydrogens (tertiary/aromatic N) is 3. The van der Waals surface area contributed by atoms with E-state index in [2.05, 4.69) is 10.7 Å². The first-order valence-corrected chi connectivity index (χ1v) is 17.6. The molecule has 2 aromatic rings. The van der Waals surface area contributed by atoms with Gasteiger partial charge in [-0.15, -0.1) is 0 Å². The van der Waals surface area contributed by atoms with E-state index in [1.165, 1.54) is 32.3 Å². The van der Waals surface area contributed by atoms with Gasteiger partial charge >= 0.3 is 0 Å². The highest BCUT2D eigenvalue weighted by molar-refractivity contribution is 7.89. The van der Waals surface area contributed by atoms with Gasteiger partial charge in [0.1, 0.15) is 0 Å². The molecule has 2 rings (SSSR count). The number of carbonyl (C=O) groups excluding carboxylic acids is 3. The summed E-state index contributed by atoms with van der Waals surface area (Å²) in [6, 6.07) is 12.5. The molecule has 0 aliphatic carbocycles. The molecule has 2 unspecified atom stereocenters. The Kier molecular flexibility index (Phi) is 15.8. The first-order chi connectivity index (χ1) is 21.7. The molecule has 0 heterocycles. The lowest BCUT2D eigenvalue weighted by atomic mass is 10.00. The third-order valence-electron chi connectivity index (χ3n) is 7.53. The van der Waals surface area contributed by atoms with Gasteiger partial charge in [0.15, 0.2) is 0 Å². The lowest BCUT2D eigenvalue weighted by Crippen LogP contribution is -2.54. The quantitative estimate of drug-likeness (QED) is 0.196. The van der Waals surface area contributed by atoms with Gasteiger partial charge in [-0.25, -0.2) is 17.7 Å². The van der Waals surface area contributed by atoms with E-state index in [0.29, 0.717) is 19.6 Å². The number of hydrazine groups is 1. The average Bonchev–Trinajstić information content (AvgIpc) is 3.02. The van der Waals surface area contributed by atoms with Crippen molar-refractivity contribution in [2.75, 3.05) is 40.3 Å². The van der Waals surface area contributed by atoms with E-state index in [9.17, 15) is 27.9 Å². The second kappa shape index (κ2) is 18.7. The molecule has 3 amide bonds. The summed E-state index contributed by atoms with van der Waals surface area (Å²) in [4.78, 5) is 41.4. The SMILES string of the molecule is CCCCN(CC(O)C(Cc1ccccc1)NC(=O)c1cc(C(=O)N(CCC)CCC)cc(S(=O)(=O)N(C)C)c1)NC(=O)C(C)C. The van der Waals surface area contributed by atoms with Crippen molar-refractivity contribution in [2.24, 2.45) is 5.92 Å². The number of unbranched alkanes of at least 4 members (excludes halogenated alkanes) is 1. The van der Waals surface area contributed by atoms with Crippen LogP contribution in [0.4, 0.5) is 0 Å². The van der Waals surface area contributed by atoms with Gasteiger partial charge in [0, 0.05) is 57.3 Å². The maximum Gasteiger partial charge on any atom is 0.253 e. The largest absolute Gasteiger partial charge is 0.390 e. The van der Waals surface area contributed by atoms with Crippen LogP contribution in [-0.2, 0) is 21.2 Å². The van der Waals surface area contributed by atoms with Gasteiger partial charge in [-0.2, -0.15) is 0 Å². The molecule has 0 fully saturated rings. The molecule has 0 aliphatic heterocycles. The minimum absolute atomic E-state index is 0.0135. The minimum Gasteiger partial charge on any atom is -0.390 e. The third-order valence-corrected chi connectivity index (χ3v) is 9.32. The van der Waals surface area contributed by atoms with Gasteiger partial charge in [-0.1, -0.05) is 71.4 Å². The summed E-state index contributed by atoms with van der Waals surface area (Å²) in [7, 11) is -1.21. The van der Waals surface area contributed by atoms with E-state index in [0.717, 1.165) is 35.6 Å². The summed E-state index contributed by atoms with van der Waals surface area (Å²) in [5.74, 6) is -1.42. The summed E-state index contributed by atoms with van der Waals surface area (Å²) in [6.45, 7) is 11.1. The van der Waals surface area contributed by atoms with E-state index in [-0.39, 0.29) is 46.7 Å². The van der Waals surface area contributed by atoms with Gasteiger partial charge < -0.3 is 15.3 Å². The number of hydrogen-bond acceptors (Lipinski definition) is 7. The van der Waals surface area contributed by atoms with Crippen molar-refractivity contribution >= 4 is 27.7 Å². The zero-order valence-electron chi connectivity index (χ0n) is 28.5. The Balaban J connectivity index is 2.53. The Labute approximate surface area is 275 Å². The van der Waals surface area contributed by atoms with Crippen LogP contribution in [0.1, 0.15) is 86.6 Å².